The maximum absolute atomic E-state index is 12.1. The van der Waals surface area contributed by atoms with E-state index in [0.717, 1.165) is 22.1 Å². The van der Waals surface area contributed by atoms with Gasteiger partial charge in [0.25, 0.3) is 0 Å². The summed E-state index contributed by atoms with van der Waals surface area (Å²) in [7, 11) is 0. The Bertz CT molecular complexity index is 721. The van der Waals surface area contributed by atoms with E-state index in [1.54, 1.807) is 18.0 Å². The molecule has 1 heterocycles. The van der Waals surface area contributed by atoms with Gasteiger partial charge in [0.05, 0.1) is 12.2 Å². The molecule has 0 bridgehead atoms. The molecule has 0 saturated heterocycles. The van der Waals surface area contributed by atoms with Crippen molar-refractivity contribution in [3.8, 4) is 0 Å². The predicted molar refractivity (Wildman–Crippen MR) is 104 cm³/mol. The van der Waals surface area contributed by atoms with Crippen molar-refractivity contribution in [2.45, 2.75) is 20.3 Å². The average molecular weight is 359 g/mol. The Morgan fingerprint density at radius 3 is 2.64 bits per heavy atom. The molecule has 0 fully saturated rings. The fourth-order valence-corrected chi connectivity index (χ4v) is 2.88. The van der Waals surface area contributed by atoms with E-state index in [1.165, 1.54) is 0 Å². The molecule has 5 nitrogen and oxygen atoms in total. The number of benzene rings is 1. The number of nitrogens with zero attached hydrogens (tertiary/aromatic N) is 1. The molecule has 2 aromatic rings. The molecule has 0 spiro atoms. The van der Waals surface area contributed by atoms with Gasteiger partial charge in [0.1, 0.15) is 0 Å². The number of thioether (sulfide) groups is 1. The van der Waals surface area contributed by atoms with E-state index in [1.807, 2.05) is 44.3 Å². The van der Waals surface area contributed by atoms with Crippen molar-refractivity contribution in [1.82, 2.24) is 15.6 Å². The number of carbonyl (C=O) groups excluding carboxylic acids is 2. The second-order valence-electron chi connectivity index (χ2n) is 6.08. The molecule has 0 saturated carbocycles. The first-order chi connectivity index (χ1) is 12.1. The molecule has 2 N–H and O–H groups in total. The lowest BCUT2D eigenvalue weighted by atomic mass is 10.1. The zero-order valence-electron chi connectivity index (χ0n) is 14.7. The lowest BCUT2D eigenvalue weighted by Gasteiger charge is -2.14. The Kier molecular flexibility index (Phi) is 7.73. The summed E-state index contributed by atoms with van der Waals surface area (Å²) in [6.45, 7) is 5.17. The lowest BCUT2D eigenvalue weighted by Crippen LogP contribution is -2.36. The number of hydrogen-bond acceptors (Lipinski definition) is 4. The van der Waals surface area contributed by atoms with Gasteiger partial charge in [0, 0.05) is 30.9 Å². The number of aromatic nitrogens is 1. The van der Waals surface area contributed by atoms with Crippen molar-refractivity contribution >= 4 is 34.3 Å². The van der Waals surface area contributed by atoms with Crippen LogP contribution in [-0.4, -0.2) is 41.4 Å². The fourth-order valence-electron chi connectivity index (χ4n) is 2.38. The van der Waals surface area contributed by atoms with E-state index >= 15 is 0 Å². The van der Waals surface area contributed by atoms with Crippen LogP contribution < -0.4 is 10.6 Å². The zero-order chi connectivity index (χ0) is 18.1. The Labute approximate surface area is 153 Å². The quantitative estimate of drug-likeness (QED) is 0.721. The molecule has 0 aliphatic heterocycles. The third-order valence-corrected chi connectivity index (χ3v) is 4.68. The smallest absolute Gasteiger partial charge is 0.230 e. The predicted octanol–water partition coefficient (Wildman–Crippen LogP) is 2.40. The minimum absolute atomic E-state index is 0.00637. The average Bonchev–Trinajstić information content (AvgIpc) is 2.62. The van der Waals surface area contributed by atoms with Crippen LogP contribution in [0, 0.1) is 5.92 Å². The minimum atomic E-state index is -0.00637. The van der Waals surface area contributed by atoms with Gasteiger partial charge in [-0.2, -0.15) is 11.8 Å². The lowest BCUT2D eigenvalue weighted by molar-refractivity contribution is -0.120. The van der Waals surface area contributed by atoms with Crippen molar-refractivity contribution in [1.29, 1.82) is 0 Å². The number of amides is 2. The monoisotopic (exact) mass is 359 g/mol. The Morgan fingerprint density at radius 2 is 1.88 bits per heavy atom. The van der Waals surface area contributed by atoms with Crippen LogP contribution in [0.1, 0.15) is 19.4 Å². The number of pyridine rings is 1. The van der Waals surface area contributed by atoms with E-state index in [-0.39, 0.29) is 17.7 Å². The Morgan fingerprint density at radius 1 is 1.12 bits per heavy atom. The molecule has 25 heavy (non-hydrogen) atoms. The number of rotatable bonds is 9. The molecule has 6 heteroatoms. The standard InChI is InChI=1S/C19H25N3O2S/c1-3-25-13-19(24)22-11-14(2)10-21-18(23)9-15-4-5-17-12-20-7-6-16(17)8-15/h4-8,12,14H,3,9-11,13H2,1-2H3,(H,21,23)(H,22,24). The normalized spacial score (nSPS) is 11.9. The molecule has 1 aromatic carbocycles. The van der Waals surface area contributed by atoms with Gasteiger partial charge in [-0.05, 0) is 28.7 Å². The second kappa shape index (κ2) is 10.0. The summed E-state index contributed by atoms with van der Waals surface area (Å²) in [5, 5.41) is 7.98. The first-order valence-corrected chi connectivity index (χ1v) is 9.67. The SMILES string of the molecule is CCSCC(=O)NCC(C)CNC(=O)Cc1ccc2cnccc2c1. The first-order valence-electron chi connectivity index (χ1n) is 8.52. The van der Waals surface area contributed by atoms with Gasteiger partial charge in [0.2, 0.25) is 11.8 Å². The van der Waals surface area contributed by atoms with Crippen molar-refractivity contribution in [2.24, 2.45) is 5.92 Å². The third-order valence-electron chi connectivity index (χ3n) is 3.80. The topological polar surface area (TPSA) is 71.1 Å². The minimum Gasteiger partial charge on any atom is -0.355 e. The highest BCUT2D eigenvalue weighted by molar-refractivity contribution is 7.99. The summed E-state index contributed by atoms with van der Waals surface area (Å²) in [6, 6.07) is 7.90. The summed E-state index contributed by atoms with van der Waals surface area (Å²) < 4.78 is 0. The molecular formula is C19H25N3O2S. The summed E-state index contributed by atoms with van der Waals surface area (Å²) in [5.41, 5.74) is 0.980. The van der Waals surface area contributed by atoms with Gasteiger partial charge >= 0.3 is 0 Å². The number of carbonyl (C=O) groups is 2. The first kappa shape index (κ1) is 19.2. The zero-order valence-corrected chi connectivity index (χ0v) is 15.6. The van der Waals surface area contributed by atoms with Gasteiger partial charge in [-0.3, -0.25) is 14.6 Å². The maximum Gasteiger partial charge on any atom is 0.230 e. The number of fused-ring (bicyclic) bond motifs is 1. The molecule has 1 unspecified atom stereocenters. The van der Waals surface area contributed by atoms with Crippen LogP contribution in [0.25, 0.3) is 10.8 Å². The van der Waals surface area contributed by atoms with Gasteiger partial charge in [-0.1, -0.05) is 32.0 Å². The maximum atomic E-state index is 12.1. The van der Waals surface area contributed by atoms with Crippen LogP contribution in [0.5, 0.6) is 0 Å². The van der Waals surface area contributed by atoms with E-state index in [9.17, 15) is 9.59 Å². The summed E-state index contributed by atoms with van der Waals surface area (Å²) >= 11 is 1.60. The van der Waals surface area contributed by atoms with Crippen LogP contribution in [0.4, 0.5) is 0 Å². The molecule has 0 aliphatic carbocycles. The van der Waals surface area contributed by atoms with Crippen LogP contribution in [-0.2, 0) is 16.0 Å². The van der Waals surface area contributed by atoms with Crippen molar-refractivity contribution < 1.29 is 9.59 Å². The molecule has 134 valence electrons. The molecule has 2 amide bonds. The molecule has 0 radical (unpaired) electrons. The largest absolute Gasteiger partial charge is 0.355 e. The van der Waals surface area contributed by atoms with Gasteiger partial charge in [-0.25, -0.2) is 0 Å². The summed E-state index contributed by atoms with van der Waals surface area (Å²) in [6.07, 6.45) is 3.92. The molecular weight excluding hydrogens is 334 g/mol. The highest BCUT2D eigenvalue weighted by Gasteiger charge is 2.09. The van der Waals surface area contributed by atoms with Crippen molar-refractivity contribution in [3.05, 3.63) is 42.2 Å². The number of nitrogens with one attached hydrogen (secondary N) is 2. The van der Waals surface area contributed by atoms with Crippen LogP contribution in [0.2, 0.25) is 0 Å². The molecule has 0 aliphatic rings. The van der Waals surface area contributed by atoms with Gasteiger partial charge in [-0.15, -0.1) is 0 Å². The van der Waals surface area contributed by atoms with E-state index in [0.29, 0.717) is 25.3 Å². The highest BCUT2D eigenvalue weighted by Crippen LogP contribution is 2.14. The van der Waals surface area contributed by atoms with Crippen LogP contribution in [0.15, 0.2) is 36.7 Å². The van der Waals surface area contributed by atoms with Crippen LogP contribution >= 0.6 is 11.8 Å². The van der Waals surface area contributed by atoms with E-state index < -0.39 is 0 Å². The van der Waals surface area contributed by atoms with Gasteiger partial charge in [0.15, 0.2) is 0 Å². The summed E-state index contributed by atoms with van der Waals surface area (Å²) in [5.74, 6) is 1.67. The second-order valence-corrected chi connectivity index (χ2v) is 7.36. The molecule has 2 rings (SSSR count). The van der Waals surface area contributed by atoms with E-state index in [4.69, 9.17) is 0 Å². The molecule has 1 aromatic heterocycles. The summed E-state index contributed by atoms with van der Waals surface area (Å²) in [4.78, 5) is 27.8. The Hall–Kier alpha value is -2.08. The van der Waals surface area contributed by atoms with Crippen molar-refractivity contribution in [2.75, 3.05) is 24.6 Å². The Balaban J connectivity index is 1.73. The molecule has 1 atom stereocenters. The third kappa shape index (κ3) is 6.74. The number of hydrogen-bond donors (Lipinski definition) is 2. The highest BCUT2D eigenvalue weighted by atomic mass is 32.2. The van der Waals surface area contributed by atoms with Crippen molar-refractivity contribution in [3.63, 3.8) is 0 Å². The van der Waals surface area contributed by atoms with Gasteiger partial charge < -0.3 is 10.6 Å². The van der Waals surface area contributed by atoms with Crippen LogP contribution in [0.3, 0.4) is 0 Å². The fraction of sp³-hybridized carbons (Fsp3) is 0.421. The van der Waals surface area contributed by atoms with E-state index in [2.05, 4.69) is 15.6 Å².